The Morgan fingerprint density at radius 2 is 1.86 bits per heavy atom. The molecule has 0 aliphatic carbocycles. The molecule has 2 aromatic heterocycles. The topological polar surface area (TPSA) is 72.7 Å². The van der Waals surface area contributed by atoms with Crippen molar-refractivity contribution in [3.63, 3.8) is 0 Å². The molecule has 28 heavy (non-hydrogen) atoms. The molecule has 0 bridgehead atoms. The van der Waals surface area contributed by atoms with Crippen LogP contribution in [0.2, 0.25) is 5.02 Å². The Morgan fingerprint density at radius 3 is 2.64 bits per heavy atom. The molecule has 0 unspecified atom stereocenters. The second-order valence-electron chi connectivity index (χ2n) is 6.04. The van der Waals surface area contributed by atoms with Crippen molar-refractivity contribution in [1.82, 2.24) is 9.38 Å². The molecule has 0 saturated carbocycles. The van der Waals surface area contributed by atoms with E-state index in [2.05, 4.69) is 9.71 Å². The van der Waals surface area contributed by atoms with E-state index >= 15 is 0 Å². The van der Waals surface area contributed by atoms with E-state index in [0.29, 0.717) is 22.0 Å². The maximum atomic E-state index is 13.0. The molecule has 2 aromatic carbocycles. The minimum atomic E-state index is -3.93. The first-order valence-corrected chi connectivity index (χ1v) is 10.2. The van der Waals surface area contributed by atoms with Crippen LogP contribution in [0.1, 0.15) is 0 Å². The lowest BCUT2D eigenvalue weighted by Gasteiger charge is -2.14. The first-order valence-electron chi connectivity index (χ1n) is 8.37. The summed E-state index contributed by atoms with van der Waals surface area (Å²) in [5, 5.41) is 0.301. The molecule has 0 atom stereocenters. The number of hydrogen-bond donors (Lipinski definition) is 1. The van der Waals surface area contributed by atoms with Crippen LogP contribution in [0.15, 0.2) is 78.0 Å². The summed E-state index contributed by atoms with van der Waals surface area (Å²) in [6.07, 6.45) is 3.73. The highest BCUT2D eigenvalue weighted by Gasteiger charge is 2.22. The first kappa shape index (κ1) is 18.3. The number of fused-ring (bicyclic) bond motifs is 1. The summed E-state index contributed by atoms with van der Waals surface area (Å²) in [4.78, 5) is 4.54. The number of hydrogen-bond acceptors (Lipinski definition) is 4. The number of para-hydroxylation sites is 1. The summed E-state index contributed by atoms with van der Waals surface area (Å²) in [6, 6.07) is 17.2. The molecule has 0 spiro atoms. The third-order valence-electron chi connectivity index (χ3n) is 4.23. The molecule has 8 heteroatoms. The predicted molar refractivity (Wildman–Crippen MR) is 109 cm³/mol. The molecule has 0 aliphatic heterocycles. The van der Waals surface area contributed by atoms with Gasteiger partial charge in [-0.1, -0.05) is 35.9 Å². The Labute approximate surface area is 167 Å². The molecular formula is C20H16ClN3O3S. The number of aromatic nitrogens is 2. The fraction of sp³-hybridized carbons (Fsp3) is 0.0500. The van der Waals surface area contributed by atoms with Gasteiger partial charge in [-0.2, -0.15) is 0 Å². The van der Waals surface area contributed by atoms with Crippen LogP contribution in [0.3, 0.4) is 0 Å². The van der Waals surface area contributed by atoms with Crippen molar-refractivity contribution >= 4 is 33.0 Å². The van der Waals surface area contributed by atoms with Crippen molar-refractivity contribution in [2.75, 3.05) is 11.8 Å². The van der Waals surface area contributed by atoms with E-state index in [1.165, 1.54) is 19.2 Å². The lowest BCUT2D eigenvalue weighted by atomic mass is 10.1. The normalized spacial score (nSPS) is 11.5. The largest absolute Gasteiger partial charge is 0.495 e. The molecule has 0 amide bonds. The first-order chi connectivity index (χ1) is 13.5. The maximum Gasteiger partial charge on any atom is 0.265 e. The smallest absolute Gasteiger partial charge is 0.265 e. The Morgan fingerprint density at radius 1 is 1.07 bits per heavy atom. The van der Waals surface area contributed by atoms with E-state index < -0.39 is 10.0 Å². The van der Waals surface area contributed by atoms with Gasteiger partial charge in [0.25, 0.3) is 10.0 Å². The van der Waals surface area contributed by atoms with Gasteiger partial charge in [0.1, 0.15) is 16.3 Å². The Balaban J connectivity index is 1.78. The molecule has 2 heterocycles. The summed E-state index contributed by atoms with van der Waals surface area (Å²) < 4.78 is 35.7. The number of methoxy groups -OCH3 is 1. The number of nitrogens with zero attached hydrogens (tertiary/aromatic N) is 2. The van der Waals surface area contributed by atoms with Gasteiger partial charge in [0.2, 0.25) is 0 Å². The van der Waals surface area contributed by atoms with Crippen molar-refractivity contribution in [3.05, 3.63) is 78.1 Å². The second kappa shape index (κ2) is 7.18. The molecule has 6 nitrogen and oxygen atoms in total. The number of halogens is 1. The highest BCUT2D eigenvalue weighted by Crippen LogP contribution is 2.32. The average molecular weight is 414 g/mol. The lowest BCUT2D eigenvalue weighted by molar-refractivity contribution is 0.403. The van der Waals surface area contributed by atoms with Crippen molar-refractivity contribution in [3.8, 4) is 17.0 Å². The van der Waals surface area contributed by atoms with E-state index in [9.17, 15) is 8.42 Å². The summed E-state index contributed by atoms with van der Waals surface area (Å²) in [5.41, 5.74) is 2.50. The van der Waals surface area contributed by atoms with Crippen molar-refractivity contribution < 1.29 is 13.2 Å². The zero-order valence-electron chi connectivity index (χ0n) is 14.8. The molecular weight excluding hydrogens is 398 g/mol. The van der Waals surface area contributed by atoms with Crippen molar-refractivity contribution in [1.29, 1.82) is 0 Å². The van der Waals surface area contributed by atoms with E-state index in [-0.39, 0.29) is 10.6 Å². The SMILES string of the molecule is COc1ccc(Cl)cc1S(=O)(=O)Nc1ccccc1-c1cn2ccccc2n1. The van der Waals surface area contributed by atoms with Crippen LogP contribution in [0.25, 0.3) is 16.9 Å². The minimum Gasteiger partial charge on any atom is -0.495 e. The Bertz CT molecular complexity index is 1240. The predicted octanol–water partition coefficient (Wildman–Crippen LogP) is 4.46. The summed E-state index contributed by atoms with van der Waals surface area (Å²) in [6.45, 7) is 0. The lowest BCUT2D eigenvalue weighted by Crippen LogP contribution is -2.14. The Kier molecular flexibility index (Phi) is 4.70. The van der Waals surface area contributed by atoms with E-state index in [1.54, 1.807) is 18.2 Å². The summed E-state index contributed by atoms with van der Waals surface area (Å²) in [5.74, 6) is 0.210. The highest BCUT2D eigenvalue weighted by molar-refractivity contribution is 7.92. The van der Waals surface area contributed by atoms with E-state index in [4.69, 9.17) is 16.3 Å². The van der Waals surface area contributed by atoms with Crippen LogP contribution in [-0.2, 0) is 10.0 Å². The minimum absolute atomic E-state index is 0.0349. The number of benzene rings is 2. The van der Waals surface area contributed by atoms with Crippen LogP contribution in [0.5, 0.6) is 5.75 Å². The molecule has 0 radical (unpaired) electrons. The molecule has 0 aliphatic rings. The third-order valence-corrected chi connectivity index (χ3v) is 5.85. The zero-order valence-corrected chi connectivity index (χ0v) is 16.4. The number of ether oxygens (including phenoxy) is 1. The van der Waals surface area contributed by atoms with Gasteiger partial charge in [0.15, 0.2) is 0 Å². The van der Waals surface area contributed by atoms with E-state index in [1.807, 2.05) is 47.1 Å². The fourth-order valence-corrected chi connectivity index (χ4v) is 4.43. The van der Waals surface area contributed by atoms with Gasteiger partial charge in [-0.3, -0.25) is 4.72 Å². The summed E-state index contributed by atoms with van der Waals surface area (Å²) >= 11 is 5.99. The van der Waals surface area contributed by atoms with E-state index in [0.717, 1.165) is 5.65 Å². The standard InChI is InChI=1S/C20H16ClN3O3S/c1-27-18-10-9-14(21)12-19(18)28(25,26)23-16-7-3-2-6-15(16)17-13-24-11-5-4-8-20(24)22-17/h2-13,23H,1H3. The van der Waals surface area contributed by atoms with Gasteiger partial charge in [-0.05, 0) is 36.4 Å². The van der Waals surface area contributed by atoms with Gasteiger partial charge >= 0.3 is 0 Å². The Hall–Kier alpha value is -3.03. The van der Waals surface area contributed by atoms with Crippen molar-refractivity contribution in [2.24, 2.45) is 0 Å². The number of sulfonamides is 1. The number of pyridine rings is 1. The van der Waals surface area contributed by atoms with Crippen LogP contribution >= 0.6 is 11.6 Å². The quantitative estimate of drug-likeness (QED) is 0.524. The highest BCUT2D eigenvalue weighted by atomic mass is 35.5. The maximum absolute atomic E-state index is 13.0. The fourth-order valence-electron chi connectivity index (χ4n) is 2.92. The van der Waals surface area contributed by atoms with Gasteiger partial charge < -0.3 is 9.14 Å². The van der Waals surface area contributed by atoms with Gasteiger partial charge in [0.05, 0.1) is 18.5 Å². The van der Waals surface area contributed by atoms with Crippen LogP contribution in [-0.4, -0.2) is 24.9 Å². The molecule has 4 rings (SSSR count). The van der Waals surface area contributed by atoms with Gasteiger partial charge in [-0.15, -0.1) is 0 Å². The number of nitrogens with one attached hydrogen (secondary N) is 1. The molecule has 1 N–H and O–H groups in total. The van der Waals surface area contributed by atoms with Crippen LogP contribution in [0.4, 0.5) is 5.69 Å². The average Bonchev–Trinajstić information content (AvgIpc) is 3.12. The van der Waals surface area contributed by atoms with Crippen LogP contribution < -0.4 is 9.46 Å². The third kappa shape index (κ3) is 3.42. The monoisotopic (exact) mass is 413 g/mol. The van der Waals surface area contributed by atoms with Gasteiger partial charge in [0, 0.05) is 23.0 Å². The van der Waals surface area contributed by atoms with Crippen LogP contribution in [0, 0.1) is 0 Å². The number of imidazole rings is 1. The van der Waals surface area contributed by atoms with Crippen molar-refractivity contribution in [2.45, 2.75) is 4.90 Å². The second-order valence-corrected chi connectivity index (χ2v) is 8.13. The molecule has 142 valence electrons. The summed E-state index contributed by atoms with van der Waals surface area (Å²) in [7, 11) is -2.52. The number of rotatable bonds is 5. The molecule has 0 saturated heterocycles. The zero-order chi connectivity index (χ0) is 19.7. The van der Waals surface area contributed by atoms with Gasteiger partial charge in [-0.25, -0.2) is 13.4 Å². The molecule has 0 fully saturated rings. The number of anilines is 1. The molecule has 4 aromatic rings.